The Morgan fingerprint density at radius 2 is 2.17 bits per heavy atom. The molecule has 5 nitrogen and oxygen atoms in total. The summed E-state index contributed by atoms with van der Waals surface area (Å²) in [6, 6.07) is 8.33. The van der Waals surface area contributed by atoms with E-state index in [2.05, 4.69) is 42.3 Å². The molecule has 3 N–H and O–H groups in total. The minimum absolute atomic E-state index is 0. The van der Waals surface area contributed by atoms with Crippen LogP contribution in [0.25, 0.3) is 0 Å². The number of guanidine groups is 1. The molecule has 1 unspecified atom stereocenters. The number of primary amides is 1. The molecular formula is C18H29IN4O. The number of carbonyl (C=O) groups excluding carboxylic acids is 1. The second-order valence-corrected chi connectivity index (χ2v) is 6.22. The Kier molecular flexibility index (Phi) is 9.10. The highest BCUT2D eigenvalue weighted by Gasteiger charge is 2.23. The number of nitrogens with zero attached hydrogens (tertiary/aromatic N) is 2. The largest absolute Gasteiger partial charge is 0.370 e. The molecule has 1 amide bonds. The van der Waals surface area contributed by atoms with E-state index in [0.717, 1.165) is 38.4 Å². The Balaban J connectivity index is 0.00000288. The summed E-state index contributed by atoms with van der Waals surface area (Å²) in [7, 11) is 0. The van der Waals surface area contributed by atoms with E-state index < -0.39 is 0 Å². The summed E-state index contributed by atoms with van der Waals surface area (Å²) in [5.74, 6) is 1.06. The monoisotopic (exact) mass is 444 g/mol. The lowest BCUT2D eigenvalue weighted by molar-refractivity contribution is -0.119. The number of piperidine rings is 1. The fourth-order valence-electron chi connectivity index (χ4n) is 3.08. The number of hydrogen-bond acceptors (Lipinski definition) is 2. The molecule has 0 spiro atoms. The molecule has 1 aliphatic rings. The molecule has 1 saturated heterocycles. The third-order valence-corrected chi connectivity index (χ3v) is 4.30. The summed E-state index contributed by atoms with van der Waals surface area (Å²) in [5, 5.41) is 3.38. The SMILES string of the molecule is CCNC(=NCc1ccccc1C)N1CCCC(CC(N)=O)C1.I. The second kappa shape index (κ2) is 10.5. The van der Waals surface area contributed by atoms with Gasteiger partial charge in [0.15, 0.2) is 5.96 Å². The Bertz CT molecular complexity index is 562. The van der Waals surface area contributed by atoms with E-state index in [9.17, 15) is 4.79 Å². The number of likely N-dealkylation sites (tertiary alicyclic amines) is 1. The predicted octanol–water partition coefficient (Wildman–Crippen LogP) is 2.67. The van der Waals surface area contributed by atoms with Crippen molar-refractivity contribution in [3.05, 3.63) is 35.4 Å². The molecule has 0 bridgehead atoms. The first kappa shape index (κ1) is 20.7. The summed E-state index contributed by atoms with van der Waals surface area (Å²) < 4.78 is 0. The number of amides is 1. The average molecular weight is 444 g/mol. The topological polar surface area (TPSA) is 70.7 Å². The molecular weight excluding hydrogens is 415 g/mol. The van der Waals surface area contributed by atoms with Gasteiger partial charge < -0.3 is 16.0 Å². The maximum absolute atomic E-state index is 11.2. The summed E-state index contributed by atoms with van der Waals surface area (Å²) >= 11 is 0. The molecule has 0 saturated carbocycles. The lowest BCUT2D eigenvalue weighted by atomic mass is 9.95. The average Bonchev–Trinajstić information content (AvgIpc) is 2.52. The van der Waals surface area contributed by atoms with E-state index in [4.69, 9.17) is 10.7 Å². The smallest absolute Gasteiger partial charge is 0.217 e. The van der Waals surface area contributed by atoms with Gasteiger partial charge in [-0.05, 0) is 43.7 Å². The Labute approximate surface area is 162 Å². The maximum Gasteiger partial charge on any atom is 0.217 e. The minimum Gasteiger partial charge on any atom is -0.370 e. The van der Waals surface area contributed by atoms with Crippen molar-refractivity contribution in [2.24, 2.45) is 16.6 Å². The van der Waals surface area contributed by atoms with Crippen LogP contribution in [0.15, 0.2) is 29.3 Å². The molecule has 1 fully saturated rings. The van der Waals surface area contributed by atoms with Gasteiger partial charge in [-0.15, -0.1) is 24.0 Å². The highest BCUT2D eigenvalue weighted by molar-refractivity contribution is 14.0. The van der Waals surface area contributed by atoms with Crippen LogP contribution in [0.2, 0.25) is 0 Å². The number of rotatable bonds is 5. The molecule has 1 aliphatic heterocycles. The predicted molar refractivity (Wildman–Crippen MR) is 110 cm³/mol. The molecule has 134 valence electrons. The van der Waals surface area contributed by atoms with Crippen LogP contribution >= 0.6 is 24.0 Å². The molecule has 1 aromatic rings. The van der Waals surface area contributed by atoms with Crippen molar-refractivity contribution in [3.8, 4) is 0 Å². The zero-order chi connectivity index (χ0) is 16.7. The fourth-order valence-corrected chi connectivity index (χ4v) is 3.08. The van der Waals surface area contributed by atoms with E-state index in [1.807, 2.05) is 6.07 Å². The van der Waals surface area contributed by atoms with E-state index in [-0.39, 0.29) is 29.9 Å². The summed E-state index contributed by atoms with van der Waals surface area (Å²) in [6.45, 7) is 7.53. The van der Waals surface area contributed by atoms with Crippen molar-refractivity contribution in [3.63, 3.8) is 0 Å². The molecule has 0 aromatic heterocycles. The zero-order valence-electron chi connectivity index (χ0n) is 14.6. The number of carbonyl (C=O) groups is 1. The van der Waals surface area contributed by atoms with Crippen molar-refractivity contribution in [1.82, 2.24) is 10.2 Å². The van der Waals surface area contributed by atoms with E-state index in [1.165, 1.54) is 11.1 Å². The molecule has 2 rings (SSSR count). The zero-order valence-corrected chi connectivity index (χ0v) is 17.0. The first-order valence-corrected chi connectivity index (χ1v) is 8.46. The van der Waals surface area contributed by atoms with Crippen molar-refractivity contribution in [2.45, 2.75) is 39.7 Å². The molecule has 1 aromatic carbocycles. The van der Waals surface area contributed by atoms with Crippen LogP contribution in [0.3, 0.4) is 0 Å². The van der Waals surface area contributed by atoms with Crippen molar-refractivity contribution < 1.29 is 4.79 Å². The van der Waals surface area contributed by atoms with E-state index in [0.29, 0.717) is 18.9 Å². The highest BCUT2D eigenvalue weighted by Crippen LogP contribution is 2.19. The maximum atomic E-state index is 11.2. The summed E-state index contributed by atoms with van der Waals surface area (Å²) in [5.41, 5.74) is 7.86. The quantitative estimate of drug-likeness (QED) is 0.417. The number of aliphatic imine (C=N–C) groups is 1. The molecule has 0 radical (unpaired) electrons. The van der Waals surface area contributed by atoms with Crippen molar-refractivity contribution in [1.29, 1.82) is 0 Å². The molecule has 1 atom stereocenters. The Hall–Kier alpha value is -1.31. The van der Waals surface area contributed by atoms with Crippen LogP contribution in [-0.4, -0.2) is 36.4 Å². The minimum atomic E-state index is -0.210. The van der Waals surface area contributed by atoms with Gasteiger partial charge >= 0.3 is 0 Å². The van der Waals surface area contributed by atoms with Crippen molar-refractivity contribution in [2.75, 3.05) is 19.6 Å². The molecule has 1 heterocycles. The summed E-state index contributed by atoms with van der Waals surface area (Å²) in [6.07, 6.45) is 2.61. The highest BCUT2D eigenvalue weighted by atomic mass is 127. The van der Waals surface area contributed by atoms with Crippen molar-refractivity contribution >= 4 is 35.8 Å². The first-order chi connectivity index (χ1) is 11.1. The van der Waals surface area contributed by atoms with Crippen LogP contribution in [-0.2, 0) is 11.3 Å². The van der Waals surface area contributed by atoms with Gasteiger partial charge in [0.05, 0.1) is 6.54 Å². The third-order valence-electron chi connectivity index (χ3n) is 4.30. The number of halogens is 1. The lowest BCUT2D eigenvalue weighted by Crippen LogP contribution is -2.47. The fraction of sp³-hybridized carbons (Fsp3) is 0.556. The van der Waals surface area contributed by atoms with Crippen LogP contribution in [0.5, 0.6) is 0 Å². The van der Waals surface area contributed by atoms with Crippen LogP contribution in [0, 0.1) is 12.8 Å². The summed E-state index contributed by atoms with van der Waals surface area (Å²) in [4.78, 5) is 18.2. The molecule has 24 heavy (non-hydrogen) atoms. The Morgan fingerprint density at radius 1 is 1.42 bits per heavy atom. The van der Waals surface area contributed by atoms with E-state index >= 15 is 0 Å². The van der Waals surface area contributed by atoms with Gasteiger partial charge in [-0.1, -0.05) is 24.3 Å². The Morgan fingerprint density at radius 3 is 2.83 bits per heavy atom. The van der Waals surface area contributed by atoms with Crippen LogP contribution < -0.4 is 11.1 Å². The lowest BCUT2D eigenvalue weighted by Gasteiger charge is -2.34. The van der Waals surface area contributed by atoms with Gasteiger partial charge in [0.25, 0.3) is 0 Å². The van der Waals surface area contributed by atoms with Gasteiger partial charge in [0, 0.05) is 26.1 Å². The van der Waals surface area contributed by atoms with Crippen LogP contribution in [0.4, 0.5) is 0 Å². The van der Waals surface area contributed by atoms with Gasteiger partial charge in [-0.3, -0.25) is 4.79 Å². The van der Waals surface area contributed by atoms with Gasteiger partial charge in [-0.25, -0.2) is 4.99 Å². The first-order valence-electron chi connectivity index (χ1n) is 8.46. The number of nitrogens with two attached hydrogens (primary N) is 1. The second-order valence-electron chi connectivity index (χ2n) is 6.22. The van der Waals surface area contributed by atoms with Gasteiger partial charge in [0.1, 0.15) is 0 Å². The number of nitrogens with one attached hydrogen (secondary N) is 1. The normalized spacial score (nSPS) is 18.0. The number of benzene rings is 1. The van der Waals surface area contributed by atoms with E-state index in [1.54, 1.807) is 0 Å². The standard InChI is InChI=1S/C18H28N4O.HI/c1-3-20-18(21-12-16-9-5-4-7-14(16)2)22-10-6-8-15(13-22)11-17(19)23;/h4-5,7,9,15H,3,6,8,10-13H2,1-2H3,(H2,19,23)(H,20,21);1H. The number of hydrogen-bond donors (Lipinski definition) is 2. The number of aryl methyl sites for hydroxylation is 1. The molecule has 0 aliphatic carbocycles. The third kappa shape index (κ3) is 6.30. The molecule has 6 heteroatoms. The van der Waals surface area contributed by atoms with Crippen LogP contribution in [0.1, 0.15) is 37.3 Å². The van der Waals surface area contributed by atoms with Gasteiger partial charge in [-0.2, -0.15) is 0 Å². The van der Waals surface area contributed by atoms with Gasteiger partial charge in [0.2, 0.25) is 5.91 Å².